The highest BCUT2D eigenvalue weighted by molar-refractivity contribution is 6.08. The standard InChI is InChI=1S/C20H24N2O6/c1-12-6-7-15(25-2)14(8-12)22-19(24)11-18(23)21-13-9-16(26-3)20(28-5)17(10-13)27-4/h6-10H,11H2,1-5H3,(H,21,23)(H,22,24). The van der Waals surface area contributed by atoms with Crippen molar-refractivity contribution in [3.05, 3.63) is 35.9 Å². The fourth-order valence-electron chi connectivity index (χ4n) is 2.62. The van der Waals surface area contributed by atoms with Crippen LogP contribution < -0.4 is 29.6 Å². The van der Waals surface area contributed by atoms with Crippen LogP contribution in [0, 0.1) is 6.92 Å². The zero-order valence-corrected chi connectivity index (χ0v) is 16.5. The molecule has 0 aliphatic carbocycles. The second-order valence-corrected chi connectivity index (χ2v) is 5.89. The number of hydrogen-bond donors (Lipinski definition) is 2. The van der Waals surface area contributed by atoms with Crippen molar-refractivity contribution in [2.45, 2.75) is 13.3 Å². The summed E-state index contributed by atoms with van der Waals surface area (Å²) in [4.78, 5) is 24.5. The summed E-state index contributed by atoms with van der Waals surface area (Å²) in [6.45, 7) is 1.90. The summed E-state index contributed by atoms with van der Waals surface area (Å²) in [5.74, 6) is 0.765. The lowest BCUT2D eigenvalue weighted by Crippen LogP contribution is -2.21. The van der Waals surface area contributed by atoms with Crippen LogP contribution in [0.4, 0.5) is 11.4 Å². The largest absolute Gasteiger partial charge is 0.495 e. The molecule has 28 heavy (non-hydrogen) atoms. The molecule has 0 aliphatic heterocycles. The summed E-state index contributed by atoms with van der Waals surface area (Å²) in [5, 5.41) is 5.34. The van der Waals surface area contributed by atoms with Gasteiger partial charge < -0.3 is 29.6 Å². The lowest BCUT2D eigenvalue weighted by Gasteiger charge is -2.15. The Kier molecular flexibility index (Phi) is 7.08. The monoisotopic (exact) mass is 388 g/mol. The molecule has 2 N–H and O–H groups in total. The lowest BCUT2D eigenvalue weighted by atomic mass is 10.2. The molecule has 2 amide bonds. The molecular formula is C20H24N2O6. The second-order valence-electron chi connectivity index (χ2n) is 5.89. The molecule has 0 aliphatic rings. The van der Waals surface area contributed by atoms with Gasteiger partial charge in [-0.25, -0.2) is 0 Å². The van der Waals surface area contributed by atoms with Gasteiger partial charge in [0.2, 0.25) is 17.6 Å². The van der Waals surface area contributed by atoms with E-state index < -0.39 is 11.8 Å². The van der Waals surface area contributed by atoms with Crippen LogP contribution in [0.3, 0.4) is 0 Å². The number of hydrogen-bond acceptors (Lipinski definition) is 6. The molecule has 8 nitrogen and oxygen atoms in total. The molecule has 0 aromatic heterocycles. The van der Waals surface area contributed by atoms with Crippen molar-refractivity contribution in [2.24, 2.45) is 0 Å². The second kappa shape index (κ2) is 9.50. The average molecular weight is 388 g/mol. The Morgan fingerprint density at radius 2 is 1.36 bits per heavy atom. The number of carbonyl (C=O) groups excluding carboxylic acids is 2. The maximum atomic E-state index is 12.3. The summed E-state index contributed by atoms with van der Waals surface area (Å²) < 4.78 is 21.0. The van der Waals surface area contributed by atoms with Gasteiger partial charge in [0.1, 0.15) is 12.2 Å². The number of benzene rings is 2. The zero-order valence-electron chi connectivity index (χ0n) is 16.5. The highest BCUT2D eigenvalue weighted by atomic mass is 16.5. The quantitative estimate of drug-likeness (QED) is 0.675. The molecule has 0 atom stereocenters. The number of rotatable bonds is 8. The van der Waals surface area contributed by atoms with E-state index in [1.165, 1.54) is 28.4 Å². The molecular weight excluding hydrogens is 364 g/mol. The van der Waals surface area contributed by atoms with Gasteiger partial charge in [-0.2, -0.15) is 0 Å². The van der Waals surface area contributed by atoms with Crippen LogP contribution in [-0.2, 0) is 9.59 Å². The van der Waals surface area contributed by atoms with Crippen molar-refractivity contribution < 1.29 is 28.5 Å². The van der Waals surface area contributed by atoms with Gasteiger partial charge in [0.05, 0.1) is 34.1 Å². The number of ether oxygens (including phenoxy) is 4. The Morgan fingerprint density at radius 3 is 1.89 bits per heavy atom. The van der Waals surface area contributed by atoms with Gasteiger partial charge in [0.25, 0.3) is 0 Å². The molecule has 2 aromatic rings. The molecule has 0 fully saturated rings. The number of methoxy groups -OCH3 is 4. The van der Waals surface area contributed by atoms with Crippen LogP contribution in [0.5, 0.6) is 23.0 Å². The third-order valence-electron chi connectivity index (χ3n) is 3.90. The summed E-state index contributed by atoms with van der Waals surface area (Å²) in [5.41, 5.74) is 1.88. The number of nitrogens with one attached hydrogen (secondary N) is 2. The van der Waals surface area contributed by atoms with E-state index in [-0.39, 0.29) is 6.42 Å². The van der Waals surface area contributed by atoms with Crippen molar-refractivity contribution in [2.75, 3.05) is 39.1 Å². The number of amides is 2. The smallest absolute Gasteiger partial charge is 0.233 e. The molecule has 2 rings (SSSR count). The topological polar surface area (TPSA) is 95.1 Å². The Hall–Kier alpha value is -3.42. The molecule has 0 unspecified atom stereocenters. The normalized spacial score (nSPS) is 10.0. The van der Waals surface area contributed by atoms with E-state index in [4.69, 9.17) is 18.9 Å². The van der Waals surface area contributed by atoms with Crippen LogP contribution in [0.25, 0.3) is 0 Å². The maximum Gasteiger partial charge on any atom is 0.233 e. The molecule has 0 saturated carbocycles. The Bertz CT molecular complexity index is 841. The summed E-state index contributed by atoms with van der Waals surface area (Å²) in [6, 6.07) is 8.56. The van der Waals surface area contributed by atoms with E-state index in [1.54, 1.807) is 24.3 Å². The van der Waals surface area contributed by atoms with Crippen LogP contribution in [0.15, 0.2) is 30.3 Å². The predicted molar refractivity (Wildman–Crippen MR) is 106 cm³/mol. The SMILES string of the molecule is COc1ccc(C)cc1NC(=O)CC(=O)Nc1cc(OC)c(OC)c(OC)c1. The lowest BCUT2D eigenvalue weighted by molar-refractivity contribution is -0.123. The van der Waals surface area contributed by atoms with E-state index in [0.29, 0.717) is 34.4 Å². The van der Waals surface area contributed by atoms with E-state index in [1.807, 2.05) is 13.0 Å². The van der Waals surface area contributed by atoms with Crippen molar-refractivity contribution in [3.63, 3.8) is 0 Å². The van der Waals surface area contributed by atoms with Gasteiger partial charge in [-0.15, -0.1) is 0 Å². The molecule has 0 heterocycles. The third-order valence-corrected chi connectivity index (χ3v) is 3.90. The third kappa shape index (κ3) is 5.06. The zero-order chi connectivity index (χ0) is 20.7. The van der Waals surface area contributed by atoms with E-state index in [2.05, 4.69) is 10.6 Å². The minimum absolute atomic E-state index is 0.367. The van der Waals surface area contributed by atoms with E-state index in [0.717, 1.165) is 5.56 Å². The molecule has 2 aromatic carbocycles. The number of carbonyl (C=O) groups is 2. The van der Waals surface area contributed by atoms with Crippen LogP contribution in [0.2, 0.25) is 0 Å². The first-order valence-corrected chi connectivity index (χ1v) is 8.46. The fraction of sp³-hybridized carbons (Fsp3) is 0.300. The molecule has 0 saturated heterocycles. The van der Waals surface area contributed by atoms with Crippen molar-refractivity contribution >= 4 is 23.2 Å². The minimum Gasteiger partial charge on any atom is -0.495 e. The van der Waals surface area contributed by atoms with Gasteiger partial charge in [-0.05, 0) is 24.6 Å². The van der Waals surface area contributed by atoms with Gasteiger partial charge >= 0.3 is 0 Å². The van der Waals surface area contributed by atoms with Crippen molar-refractivity contribution in [3.8, 4) is 23.0 Å². The van der Waals surface area contributed by atoms with Gasteiger partial charge in [0.15, 0.2) is 11.5 Å². The summed E-state index contributed by atoms with van der Waals surface area (Å²) >= 11 is 0. The van der Waals surface area contributed by atoms with Crippen LogP contribution in [0.1, 0.15) is 12.0 Å². The predicted octanol–water partition coefficient (Wildman–Crippen LogP) is 3.00. The molecule has 8 heteroatoms. The highest BCUT2D eigenvalue weighted by Gasteiger charge is 2.16. The average Bonchev–Trinajstić information content (AvgIpc) is 2.67. The molecule has 0 spiro atoms. The molecule has 0 bridgehead atoms. The first kappa shape index (κ1) is 20.9. The van der Waals surface area contributed by atoms with Crippen LogP contribution in [-0.4, -0.2) is 40.3 Å². The van der Waals surface area contributed by atoms with Crippen LogP contribution >= 0.6 is 0 Å². The highest BCUT2D eigenvalue weighted by Crippen LogP contribution is 2.39. The van der Waals surface area contributed by atoms with E-state index in [9.17, 15) is 9.59 Å². The van der Waals surface area contributed by atoms with Crippen molar-refractivity contribution in [1.29, 1.82) is 0 Å². The van der Waals surface area contributed by atoms with Crippen molar-refractivity contribution in [1.82, 2.24) is 0 Å². The Labute approximate surface area is 163 Å². The molecule has 150 valence electrons. The van der Waals surface area contributed by atoms with Gasteiger partial charge in [0, 0.05) is 17.8 Å². The van der Waals surface area contributed by atoms with E-state index >= 15 is 0 Å². The Morgan fingerprint density at radius 1 is 0.786 bits per heavy atom. The number of anilines is 2. The van der Waals surface area contributed by atoms with Gasteiger partial charge in [-0.3, -0.25) is 9.59 Å². The summed E-state index contributed by atoms with van der Waals surface area (Å²) in [7, 11) is 5.96. The minimum atomic E-state index is -0.488. The summed E-state index contributed by atoms with van der Waals surface area (Å²) in [6.07, 6.45) is -0.367. The first-order valence-electron chi connectivity index (χ1n) is 8.46. The van der Waals surface area contributed by atoms with Gasteiger partial charge in [-0.1, -0.05) is 6.07 Å². The molecule has 0 radical (unpaired) electrons. The maximum absolute atomic E-state index is 12.3. The number of aryl methyl sites for hydroxylation is 1. The Balaban J connectivity index is 2.08. The first-order chi connectivity index (χ1) is 13.4. The fourth-order valence-corrected chi connectivity index (χ4v) is 2.62.